The van der Waals surface area contributed by atoms with Gasteiger partial charge in [-0.2, -0.15) is 0 Å². The molecule has 1 aromatic heterocycles. The van der Waals surface area contributed by atoms with Crippen molar-refractivity contribution >= 4 is 17.5 Å². The molecule has 0 saturated carbocycles. The summed E-state index contributed by atoms with van der Waals surface area (Å²) in [6.07, 6.45) is 2.37. The Balaban J connectivity index is 2.31. The molecule has 14 heavy (non-hydrogen) atoms. The van der Waals surface area contributed by atoms with Crippen LogP contribution in [0, 0.1) is 0 Å². The van der Waals surface area contributed by atoms with Gasteiger partial charge in [0.25, 0.3) is 0 Å². The average Bonchev–Trinajstić information content (AvgIpc) is 2.15. The molecule has 6 heteroatoms. The van der Waals surface area contributed by atoms with Gasteiger partial charge in [0.2, 0.25) is 0 Å². The van der Waals surface area contributed by atoms with Crippen molar-refractivity contribution in [1.82, 2.24) is 4.98 Å². The minimum Gasteiger partial charge on any atom is -0.448 e. The van der Waals surface area contributed by atoms with Crippen LogP contribution in [0.15, 0.2) is 18.5 Å². The molecule has 1 rings (SSSR count). The summed E-state index contributed by atoms with van der Waals surface area (Å²) in [5.41, 5.74) is 11.7. The highest BCUT2D eigenvalue weighted by Crippen LogP contribution is 2.14. The second-order valence-electron chi connectivity index (χ2n) is 2.56. The number of amides is 1. The van der Waals surface area contributed by atoms with Gasteiger partial charge in [-0.15, -0.1) is 0 Å². The molecule has 76 valence electrons. The van der Waals surface area contributed by atoms with Gasteiger partial charge in [0.15, 0.2) is 0 Å². The smallest absolute Gasteiger partial charge is 0.404 e. The maximum absolute atomic E-state index is 10.2. The van der Waals surface area contributed by atoms with Crippen LogP contribution in [-0.2, 0) is 4.74 Å². The summed E-state index contributed by atoms with van der Waals surface area (Å²) < 4.78 is 4.52. The fourth-order valence-electron chi connectivity index (χ4n) is 0.905. The Morgan fingerprint density at radius 1 is 1.64 bits per heavy atom. The Bertz CT molecular complexity index is 316. The van der Waals surface area contributed by atoms with Crippen LogP contribution < -0.4 is 16.8 Å². The quantitative estimate of drug-likeness (QED) is 0.595. The lowest BCUT2D eigenvalue weighted by Crippen LogP contribution is -2.18. The number of nitrogens with two attached hydrogens (primary N) is 2. The molecule has 0 spiro atoms. The first kappa shape index (κ1) is 10.1. The van der Waals surface area contributed by atoms with E-state index in [0.717, 1.165) is 5.69 Å². The fourth-order valence-corrected chi connectivity index (χ4v) is 0.905. The summed E-state index contributed by atoms with van der Waals surface area (Å²) in [7, 11) is 0. The summed E-state index contributed by atoms with van der Waals surface area (Å²) in [4.78, 5) is 14.0. The number of pyridine rings is 1. The van der Waals surface area contributed by atoms with Crippen LogP contribution in [0.1, 0.15) is 0 Å². The highest BCUT2D eigenvalue weighted by molar-refractivity contribution is 5.65. The van der Waals surface area contributed by atoms with Crippen LogP contribution in [-0.4, -0.2) is 24.2 Å². The van der Waals surface area contributed by atoms with Crippen LogP contribution in [0.3, 0.4) is 0 Å². The van der Waals surface area contributed by atoms with Gasteiger partial charge in [-0.1, -0.05) is 0 Å². The molecular formula is C8H12N4O2. The molecule has 1 amide bonds. The van der Waals surface area contributed by atoms with Gasteiger partial charge >= 0.3 is 6.09 Å². The minimum atomic E-state index is -0.783. The fraction of sp³-hybridized carbons (Fsp3) is 0.250. The molecule has 1 heterocycles. The Morgan fingerprint density at radius 2 is 2.43 bits per heavy atom. The molecular weight excluding hydrogens is 184 g/mol. The molecule has 0 unspecified atom stereocenters. The molecule has 0 atom stereocenters. The number of nitrogens with zero attached hydrogens (tertiary/aromatic N) is 1. The minimum absolute atomic E-state index is 0.205. The first-order valence-electron chi connectivity index (χ1n) is 4.05. The predicted octanol–water partition coefficient (Wildman–Crippen LogP) is 0.171. The summed E-state index contributed by atoms with van der Waals surface area (Å²) in [5, 5.41) is 2.97. The summed E-state index contributed by atoms with van der Waals surface area (Å²) in [6, 6.07) is 1.74. The summed E-state index contributed by atoms with van der Waals surface area (Å²) in [6.45, 7) is 0.661. The van der Waals surface area contributed by atoms with Gasteiger partial charge in [0.1, 0.15) is 6.61 Å². The average molecular weight is 196 g/mol. The molecule has 5 N–H and O–H groups in total. The molecule has 0 aliphatic heterocycles. The number of hydrogen-bond acceptors (Lipinski definition) is 5. The van der Waals surface area contributed by atoms with Crippen molar-refractivity contribution in [2.24, 2.45) is 5.73 Å². The van der Waals surface area contributed by atoms with Gasteiger partial charge in [0.05, 0.1) is 17.6 Å². The number of aromatic nitrogens is 1. The van der Waals surface area contributed by atoms with E-state index in [1.54, 1.807) is 12.3 Å². The number of ether oxygens (including phenoxy) is 1. The third-order valence-electron chi connectivity index (χ3n) is 1.51. The number of carbonyl (C=O) groups excluding carboxylic acids is 1. The van der Waals surface area contributed by atoms with E-state index in [1.807, 2.05) is 0 Å². The Hall–Kier alpha value is -1.98. The molecule has 0 aliphatic carbocycles. The molecule has 1 aromatic rings. The van der Waals surface area contributed by atoms with Crippen molar-refractivity contribution in [3.63, 3.8) is 0 Å². The van der Waals surface area contributed by atoms with Gasteiger partial charge in [-0.25, -0.2) is 4.79 Å². The number of nitrogens with one attached hydrogen (secondary N) is 1. The van der Waals surface area contributed by atoms with Gasteiger partial charge in [-0.05, 0) is 6.07 Å². The van der Waals surface area contributed by atoms with Crippen molar-refractivity contribution in [2.75, 3.05) is 24.2 Å². The maximum Gasteiger partial charge on any atom is 0.404 e. The van der Waals surface area contributed by atoms with E-state index in [-0.39, 0.29) is 6.61 Å². The van der Waals surface area contributed by atoms with Crippen LogP contribution in [0.5, 0.6) is 0 Å². The van der Waals surface area contributed by atoms with E-state index in [4.69, 9.17) is 11.5 Å². The number of hydrogen-bond donors (Lipinski definition) is 3. The molecule has 6 nitrogen and oxygen atoms in total. The number of nitrogen functional groups attached to an aromatic ring is 1. The van der Waals surface area contributed by atoms with Gasteiger partial charge in [-0.3, -0.25) is 4.98 Å². The predicted molar refractivity (Wildman–Crippen MR) is 52.7 cm³/mol. The standard InChI is InChI=1S/C8H12N4O2/c9-6-5-11-2-1-7(6)12-3-4-14-8(10)13/h1-2,5H,3-4,9H2,(H2,10,13)(H,11,12). The van der Waals surface area contributed by atoms with E-state index in [0.29, 0.717) is 12.2 Å². The van der Waals surface area contributed by atoms with Crippen LogP contribution >= 0.6 is 0 Å². The number of primary amides is 1. The summed E-state index contributed by atoms with van der Waals surface area (Å²) >= 11 is 0. The first-order chi connectivity index (χ1) is 6.70. The molecule has 0 bridgehead atoms. The zero-order valence-corrected chi connectivity index (χ0v) is 7.56. The molecule has 0 aliphatic rings. The second kappa shape index (κ2) is 4.90. The van der Waals surface area contributed by atoms with Gasteiger partial charge < -0.3 is 21.5 Å². The third kappa shape index (κ3) is 3.18. The highest BCUT2D eigenvalue weighted by atomic mass is 16.5. The normalized spacial score (nSPS) is 9.43. The highest BCUT2D eigenvalue weighted by Gasteiger charge is 1.97. The van der Waals surface area contributed by atoms with Gasteiger partial charge in [0, 0.05) is 12.7 Å². The topological polar surface area (TPSA) is 103 Å². The van der Waals surface area contributed by atoms with Crippen molar-refractivity contribution in [3.8, 4) is 0 Å². The monoisotopic (exact) mass is 196 g/mol. The van der Waals surface area contributed by atoms with E-state index in [9.17, 15) is 4.79 Å². The van der Waals surface area contributed by atoms with Crippen LogP contribution in [0.2, 0.25) is 0 Å². The SMILES string of the molecule is NC(=O)OCCNc1ccncc1N. The van der Waals surface area contributed by atoms with Crippen LogP contribution in [0.4, 0.5) is 16.2 Å². The molecule has 0 saturated heterocycles. The van der Waals surface area contributed by atoms with Crippen molar-refractivity contribution in [1.29, 1.82) is 0 Å². The number of anilines is 2. The van der Waals surface area contributed by atoms with Crippen molar-refractivity contribution in [3.05, 3.63) is 18.5 Å². The number of carbonyl (C=O) groups is 1. The Labute approximate surface area is 81.3 Å². The molecule has 0 fully saturated rings. The largest absolute Gasteiger partial charge is 0.448 e. The lowest BCUT2D eigenvalue weighted by molar-refractivity contribution is 0.161. The zero-order chi connectivity index (χ0) is 10.4. The molecule has 0 radical (unpaired) electrons. The van der Waals surface area contributed by atoms with E-state index in [2.05, 4.69) is 15.0 Å². The van der Waals surface area contributed by atoms with E-state index >= 15 is 0 Å². The Morgan fingerprint density at radius 3 is 3.07 bits per heavy atom. The Kier molecular flexibility index (Phi) is 3.54. The van der Waals surface area contributed by atoms with Crippen molar-refractivity contribution < 1.29 is 9.53 Å². The summed E-state index contributed by atoms with van der Waals surface area (Å²) in [5.74, 6) is 0. The second-order valence-corrected chi connectivity index (χ2v) is 2.56. The lowest BCUT2D eigenvalue weighted by Gasteiger charge is -2.07. The lowest BCUT2D eigenvalue weighted by atomic mass is 10.3. The van der Waals surface area contributed by atoms with Crippen LogP contribution in [0.25, 0.3) is 0 Å². The van der Waals surface area contributed by atoms with E-state index in [1.165, 1.54) is 6.20 Å². The van der Waals surface area contributed by atoms with E-state index < -0.39 is 6.09 Å². The number of rotatable bonds is 4. The third-order valence-corrected chi connectivity index (χ3v) is 1.51. The maximum atomic E-state index is 10.2. The first-order valence-corrected chi connectivity index (χ1v) is 4.05. The molecule has 0 aromatic carbocycles. The van der Waals surface area contributed by atoms with Crippen molar-refractivity contribution in [2.45, 2.75) is 0 Å². The zero-order valence-electron chi connectivity index (χ0n) is 7.56.